The smallest absolute Gasteiger partial charge is 0.309 e. The van der Waals surface area contributed by atoms with Crippen LogP contribution in [-0.2, 0) is 16.1 Å². The summed E-state index contributed by atoms with van der Waals surface area (Å²) in [6, 6.07) is 8.49. The minimum atomic E-state index is -5.76. The molecule has 1 aromatic carbocycles. The number of carbonyl (C=O) groups excluding carboxylic acids is 1. The van der Waals surface area contributed by atoms with Crippen LogP contribution in [-0.4, -0.2) is 73.4 Å². The van der Waals surface area contributed by atoms with E-state index in [2.05, 4.69) is 51.9 Å². The van der Waals surface area contributed by atoms with Gasteiger partial charge in [0.15, 0.2) is 5.78 Å². The monoisotopic (exact) mass is 671 g/mol. The molecule has 5 unspecified atom stereocenters. The number of aliphatic imine (C=N–C) groups is 1. The predicted molar refractivity (Wildman–Crippen MR) is 177 cm³/mol. The van der Waals surface area contributed by atoms with Gasteiger partial charge in [-0.2, -0.15) is 22.0 Å². The molecule has 2 saturated carbocycles. The number of carbonyl (C=O) groups is 1. The lowest BCUT2D eigenvalue weighted by molar-refractivity contribution is -0.408. The Morgan fingerprint density at radius 2 is 1.73 bits per heavy atom. The predicted octanol–water partition coefficient (Wildman–Crippen LogP) is 8.40. The van der Waals surface area contributed by atoms with Crippen molar-refractivity contribution in [2.75, 3.05) is 32.7 Å². The molecule has 260 valence electrons. The number of ketones is 1. The van der Waals surface area contributed by atoms with Gasteiger partial charge in [0.1, 0.15) is 0 Å². The summed E-state index contributed by atoms with van der Waals surface area (Å²) in [5, 5.41) is 0. The topological polar surface area (TPSA) is 45.1 Å². The van der Waals surface area contributed by atoms with Crippen LogP contribution in [0, 0.1) is 17.3 Å². The molecule has 1 heterocycles. The number of nitrogens with zero attached hydrogens (tertiary/aromatic N) is 3. The average Bonchev–Trinajstić information content (AvgIpc) is 3.37. The Morgan fingerprint density at radius 3 is 2.40 bits per heavy atom. The summed E-state index contributed by atoms with van der Waals surface area (Å²) in [5.41, 5.74) is 6.14. The summed E-state index contributed by atoms with van der Waals surface area (Å²) in [7, 11) is 0. The molecule has 0 amide bonds. The number of benzene rings is 1. The van der Waals surface area contributed by atoms with Gasteiger partial charge < -0.3 is 4.74 Å². The molecule has 6 rings (SSSR count). The zero-order valence-electron chi connectivity index (χ0n) is 27.9. The summed E-state index contributed by atoms with van der Waals surface area (Å²) < 4.78 is 73.1. The van der Waals surface area contributed by atoms with E-state index in [0.29, 0.717) is 25.7 Å². The quantitative estimate of drug-likeness (QED) is 0.150. The van der Waals surface area contributed by atoms with Gasteiger partial charge in [-0.05, 0) is 109 Å². The summed E-state index contributed by atoms with van der Waals surface area (Å²) >= 11 is 0. The van der Waals surface area contributed by atoms with E-state index in [1.807, 2.05) is 19.9 Å². The van der Waals surface area contributed by atoms with Crippen LogP contribution < -0.4 is 0 Å². The van der Waals surface area contributed by atoms with Crippen LogP contribution in [0.15, 0.2) is 76.0 Å². The van der Waals surface area contributed by atoms with E-state index in [1.165, 1.54) is 22.3 Å². The maximum Gasteiger partial charge on any atom is 0.482 e. The molecule has 1 saturated heterocycles. The lowest BCUT2D eigenvalue weighted by Crippen LogP contribution is -2.50. The molecule has 3 fully saturated rings. The highest BCUT2D eigenvalue weighted by molar-refractivity contribution is 5.93. The van der Waals surface area contributed by atoms with Crippen molar-refractivity contribution in [3.8, 4) is 0 Å². The molecule has 0 radical (unpaired) electrons. The van der Waals surface area contributed by atoms with Crippen molar-refractivity contribution in [1.29, 1.82) is 0 Å². The van der Waals surface area contributed by atoms with Gasteiger partial charge in [0.05, 0.1) is 6.10 Å². The van der Waals surface area contributed by atoms with Crippen LogP contribution in [0.1, 0.15) is 75.8 Å². The first-order valence-corrected chi connectivity index (χ1v) is 17.2. The first-order chi connectivity index (χ1) is 22.8. The highest BCUT2D eigenvalue weighted by Crippen LogP contribution is 2.65. The van der Waals surface area contributed by atoms with Crippen LogP contribution in [0.5, 0.6) is 0 Å². The minimum absolute atomic E-state index is 0.0547. The zero-order valence-corrected chi connectivity index (χ0v) is 27.9. The Kier molecular flexibility index (Phi) is 10.00. The molecule has 0 bridgehead atoms. The van der Waals surface area contributed by atoms with E-state index in [9.17, 15) is 26.7 Å². The Hall–Kier alpha value is -2.95. The number of alkyl halides is 5. The highest BCUT2D eigenvalue weighted by Gasteiger charge is 2.65. The van der Waals surface area contributed by atoms with Crippen LogP contribution >= 0.6 is 0 Å². The summed E-state index contributed by atoms with van der Waals surface area (Å²) in [5.74, 6) is -0.00985. The highest BCUT2D eigenvalue weighted by atomic mass is 19.4. The molecule has 4 aliphatic carbocycles. The van der Waals surface area contributed by atoms with Gasteiger partial charge in [-0.3, -0.25) is 19.6 Å². The molecule has 5 aliphatic rings. The standard InChI is InChI=1S/C38H46F5N3O2/c1-4-25(15-16-44-3)23-45-17-19-46(20-18-45)24-26-5-7-27(8-6-26)32-22-36(2)33(13-14-34(36)48-38(42,43)37(39,40)41)31-11-9-28-21-29(47)10-12-30(28)35(31)32/h4-8,15-16,21,31-34H,3,9-14,17-20,22-24H2,1-2H3. The number of fused-ring (bicyclic) bond motifs is 4. The van der Waals surface area contributed by atoms with Crippen molar-refractivity contribution in [2.45, 2.75) is 89.6 Å². The number of hydrogen-bond acceptors (Lipinski definition) is 5. The van der Waals surface area contributed by atoms with Crippen LogP contribution in [0.2, 0.25) is 0 Å². The fraction of sp³-hybridized carbons (Fsp3) is 0.579. The van der Waals surface area contributed by atoms with Crippen molar-refractivity contribution in [1.82, 2.24) is 9.80 Å². The molecule has 5 nitrogen and oxygen atoms in total. The normalized spacial score (nSPS) is 30.7. The van der Waals surface area contributed by atoms with Gasteiger partial charge in [0, 0.05) is 57.8 Å². The maximum absolute atomic E-state index is 14.3. The Balaban J connectivity index is 1.22. The third kappa shape index (κ3) is 6.90. The van der Waals surface area contributed by atoms with Gasteiger partial charge in [-0.1, -0.05) is 42.8 Å². The third-order valence-electron chi connectivity index (χ3n) is 11.7. The van der Waals surface area contributed by atoms with E-state index in [4.69, 9.17) is 4.74 Å². The Labute approximate surface area is 280 Å². The summed E-state index contributed by atoms with van der Waals surface area (Å²) in [6.07, 6.45) is -0.853. The number of ether oxygens (including phenoxy) is 1. The van der Waals surface area contributed by atoms with Crippen molar-refractivity contribution in [3.05, 3.63) is 82.1 Å². The molecule has 1 aliphatic heterocycles. The SMILES string of the molecule is C=NC=CC(=CC)CN1CCN(Cc2ccc(C3CC4(C)C(OC(F)(F)C(F)(F)F)CCC4C4CCC5=CC(=O)CCC5=C34)cc2)CC1. The largest absolute Gasteiger partial charge is 0.482 e. The average molecular weight is 672 g/mol. The first kappa shape index (κ1) is 34.9. The van der Waals surface area contributed by atoms with E-state index in [1.54, 1.807) is 12.3 Å². The number of allylic oxidation sites excluding steroid dienone is 5. The molecule has 0 aromatic heterocycles. The van der Waals surface area contributed by atoms with E-state index in [0.717, 1.165) is 63.2 Å². The molecule has 5 atom stereocenters. The van der Waals surface area contributed by atoms with E-state index in [-0.39, 0.29) is 30.0 Å². The molecule has 48 heavy (non-hydrogen) atoms. The first-order valence-electron chi connectivity index (χ1n) is 17.2. The fourth-order valence-electron chi connectivity index (χ4n) is 9.22. The Bertz CT molecular complexity index is 1500. The zero-order chi connectivity index (χ0) is 34.3. The fourth-order valence-corrected chi connectivity index (χ4v) is 9.22. The summed E-state index contributed by atoms with van der Waals surface area (Å²) in [6.45, 7) is 12.9. The number of piperazine rings is 1. The third-order valence-corrected chi connectivity index (χ3v) is 11.7. The minimum Gasteiger partial charge on any atom is -0.309 e. The van der Waals surface area contributed by atoms with E-state index >= 15 is 0 Å². The maximum atomic E-state index is 14.3. The van der Waals surface area contributed by atoms with E-state index < -0.39 is 23.8 Å². The van der Waals surface area contributed by atoms with Crippen molar-refractivity contribution >= 4 is 12.5 Å². The number of halogens is 5. The molecule has 1 aromatic rings. The van der Waals surface area contributed by atoms with Crippen molar-refractivity contribution in [2.24, 2.45) is 22.2 Å². The van der Waals surface area contributed by atoms with Gasteiger partial charge in [0.2, 0.25) is 0 Å². The van der Waals surface area contributed by atoms with Gasteiger partial charge >= 0.3 is 12.3 Å². The number of rotatable bonds is 9. The molecule has 0 N–H and O–H groups in total. The van der Waals surface area contributed by atoms with Crippen LogP contribution in [0.4, 0.5) is 22.0 Å². The molecular weight excluding hydrogens is 625 g/mol. The van der Waals surface area contributed by atoms with Gasteiger partial charge in [0.25, 0.3) is 0 Å². The second-order valence-electron chi connectivity index (χ2n) is 14.4. The Morgan fingerprint density at radius 1 is 1.02 bits per heavy atom. The summed E-state index contributed by atoms with van der Waals surface area (Å²) in [4.78, 5) is 21.0. The second-order valence-corrected chi connectivity index (χ2v) is 14.4. The number of hydrogen-bond donors (Lipinski definition) is 0. The molecule has 10 heteroatoms. The molecule has 0 spiro atoms. The van der Waals surface area contributed by atoms with Gasteiger partial charge in [-0.15, -0.1) is 0 Å². The lowest BCUT2D eigenvalue weighted by atomic mass is 9.53. The van der Waals surface area contributed by atoms with Crippen LogP contribution in [0.25, 0.3) is 0 Å². The second kappa shape index (κ2) is 13.8. The lowest BCUT2D eigenvalue weighted by Gasteiger charge is -2.52. The van der Waals surface area contributed by atoms with Gasteiger partial charge in [-0.25, -0.2) is 0 Å². The van der Waals surface area contributed by atoms with Crippen molar-refractivity contribution < 1.29 is 31.5 Å². The van der Waals surface area contributed by atoms with Crippen LogP contribution in [0.3, 0.4) is 0 Å². The van der Waals surface area contributed by atoms with Crippen molar-refractivity contribution in [3.63, 3.8) is 0 Å². The molecular formula is C38H46F5N3O2.